The van der Waals surface area contributed by atoms with Gasteiger partial charge in [0.1, 0.15) is 5.75 Å². The quantitative estimate of drug-likeness (QED) is 0.122. The van der Waals surface area contributed by atoms with Crippen molar-refractivity contribution in [1.29, 1.82) is 0 Å². The van der Waals surface area contributed by atoms with E-state index in [0.717, 1.165) is 35.1 Å². The van der Waals surface area contributed by atoms with Gasteiger partial charge in [0.05, 0.1) is 34.8 Å². The zero-order valence-electron chi connectivity index (χ0n) is 26.0. The van der Waals surface area contributed by atoms with Crippen LogP contribution in [0.5, 0.6) is 5.75 Å². The van der Waals surface area contributed by atoms with Crippen LogP contribution < -0.4 is 4.90 Å². The van der Waals surface area contributed by atoms with Crippen LogP contribution in [0.3, 0.4) is 0 Å². The fourth-order valence-electron chi connectivity index (χ4n) is 7.34. The number of fused-ring (bicyclic) bond motifs is 3. The first-order valence-electron chi connectivity index (χ1n) is 15.8. The summed E-state index contributed by atoms with van der Waals surface area (Å²) in [5.74, 6) is -4.30. The van der Waals surface area contributed by atoms with Crippen molar-refractivity contribution in [3.8, 4) is 5.75 Å². The summed E-state index contributed by atoms with van der Waals surface area (Å²) in [4.78, 5) is 28.2. The minimum atomic E-state index is -5.15. The van der Waals surface area contributed by atoms with Crippen molar-refractivity contribution in [1.82, 2.24) is 0 Å². The third kappa shape index (κ3) is 7.30. The van der Waals surface area contributed by atoms with E-state index in [2.05, 4.69) is 0 Å². The van der Waals surface area contributed by atoms with Gasteiger partial charge in [-0.05, 0) is 85.8 Å². The maximum atomic E-state index is 14.0. The van der Waals surface area contributed by atoms with Gasteiger partial charge in [0.25, 0.3) is 0 Å². The number of hydrogen-bond donors (Lipinski definition) is 2. The molecule has 2 aromatic rings. The number of aromatic hydroxyl groups is 1. The molecule has 5 rings (SSSR count). The Bertz CT molecular complexity index is 1540. The molecule has 13 heteroatoms. The molecule has 4 atom stereocenters. The van der Waals surface area contributed by atoms with Gasteiger partial charge < -0.3 is 14.8 Å². The summed E-state index contributed by atoms with van der Waals surface area (Å²) in [6, 6.07) is 7.54. The van der Waals surface area contributed by atoms with Crippen molar-refractivity contribution < 1.29 is 50.7 Å². The Morgan fingerprint density at radius 1 is 0.936 bits per heavy atom. The molecule has 1 aliphatic carbocycles. The highest BCUT2D eigenvalue weighted by atomic mass is 19.4. The number of rotatable bonds is 9. The fraction of sp³-hybridized carbons (Fsp3) is 0.471. The predicted octanol–water partition coefficient (Wildman–Crippen LogP) is 8.20. The summed E-state index contributed by atoms with van der Waals surface area (Å²) in [5.41, 5.74) is -0.337. The Kier molecular flexibility index (Phi) is 9.98. The van der Waals surface area contributed by atoms with Crippen LogP contribution in [0.1, 0.15) is 75.5 Å². The fourth-order valence-corrected chi connectivity index (χ4v) is 7.34. The van der Waals surface area contributed by atoms with Crippen molar-refractivity contribution >= 4 is 30.7 Å². The average Bonchev–Trinajstić information content (AvgIpc) is 3.24. The van der Waals surface area contributed by atoms with Gasteiger partial charge in [-0.15, -0.1) is 0 Å². The zero-order valence-corrected chi connectivity index (χ0v) is 26.0. The van der Waals surface area contributed by atoms with Crippen molar-refractivity contribution in [2.75, 3.05) is 4.90 Å². The number of phenolic OH excluding ortho intramolecular Hbond substituents is 1. The number of halogens is 6. The minimum absolute atomic E-state index is 0.0331. The maximum absolute atomic E-state index is 14.0. The monoisotopic (exact) mass is 663 g/mol. The Balaban J connectivity index is 1.49. The van der Waals surface area contributed by atoms with E-state index in [1.165, 1.54) is 0 Å². The summed E-state index contributed by atoms with van der Waals surface area (Å²) in [7, 11) is -1.28. The number of anilines is 1. The number of carbonyl (C=O) groups excluding carboxylic acids is 2. The second kappa shape index (κ2) is 13.5. The maximum Gasteiger partial charge on any atom is 0.455 e. The van der Waals surface area contributed by atoms with Gasteiger partial charge in [-0.2, -0.15) is 26.3 Å². The number of benzene rings is 2. The van der Waals surface area contributed by atoms with Crippen molar-refractivity contribution in [3.63, 3.8) is 0 Å². The third-order valence-electron chi connectivity index (χ3n) is 9.25. The van der Waals surface area contributed by atoms with Gasteiger partial charge in [0, 0.05) is 0 Å². The number of amides is 2. The van der Waals surface area contributed by atoms with E-state index in [0.29, 0.717) is 42.7 Å². The number of imide groups is 1. The van der Waals surface area contributed by atoms with Gasteiger partial charge >= 0.3 is 19.5 Å². The molecule has 252 valence electrons. The lowest BCUT2D eigenvalue weighted by Crippen LogP contribution is -2.46. The molecule has 0 bridgehead atoms. The number of allylic oxidation sites excluding steroid dienone is 2. The average molecular weight is 663 g/mol. The van der Waals surface area contributed by atoms with Crippen LogP contribution in [0.25, 0.3) is 6.08 Å². The number of nitrogens with zero attached hydrogens (tertiary/aromatic N) is 1. The van der Waals surface area contributed by atoms with E-state index >= 15 is 0 Å². The lowest BCUT2D eigenvalue weighted by molar-refractivity contribution is -0.143. The van der Waals surface area contributed by atoms with E-state index in [4.69, 9.17) is 4.65 Å². The normalized spacial score (nSPS) is 23.8. The van der Waals surface area contributed by atoms with Crippen LogP contribution in [0.15, 0.2) is 59.2 Å². The third-order valence-corrected chi connectivity index (χ3v) is 9.25. The molecule has 0 spiro atoms. The molecule has 6 nitrogen and oxygen atoms in total. The van der Waals surface area contributed by atoms with Gasteiger partial charge in [-0.3, -0.25) is 9.59 Å². The van der Waals surface area contributed by atoms with Crippen LogP contribution in [-0.4, -0.2) is 35.2 Å². The van der Waals surface area contributed by atoms with E-state index < -0.39 is 72.0 Å². The molecule has 2 fully saturated rings. The smallest absolute Gasteiger partial charge is 0.455 e. The van der Waals surface area contributed by atoms with Crippen LogP contribution in [0, 0.1) is 17.8 Å². The minimum Gasteiger partial charge on any atom is -0.508 e. The molecule has 2 aromatic carbocycles. The lowest BCUT2D eigenvalue weighted by atomic mass is 9.58. The molecule has 0 radical (unpaired) electrons. The standard InChI is InChI=1S/C34H36BF6NO5/c1-3-5-19(13-20-7-10-25(43)11-8-20)9-12-28-29-21(6-4-2)14-26-30(27(29)18-35(46)47-28)32(45)42(31(26)44)24-16-22(33(36,37)38)15-23(17-24)34(39,40)41/h7-8,10-11,13,15-17,26-28,30,43,46H,3-6,9,12,14,18H2,1-2H3/b19-13+/t26-,27+,28-,30-/m1/s1. The number of phenols is 1. The molecule has 47 heavy (non-hydrogen) atoms. The number of alkyl halides is 6. The van der Waals surface area contributed by atoms with Gasteiger partial charge in [-0.25, -0.2) is 4.90 Å². The molecule has 3 aliphatic rings. The van der Waals surface area contributed by atoms with Crippen LogP contribution >= 0.6 is 0 Å². The summed E-state index contributed by atoms with van der Waals surface area (Å²) >= 11 is 0. The summed E-state index contributed by atoms with van der Waals surface area (Å²) in [6.45, 7) is 3.98. The molecule has 2 aliphatic heterocycles. The molecule has 2 heterocycles. The van der Waals surface area contributed by atoms with Crippen molar-refractivity contribution in [2.24, 2.45) is 17.8 Å². The summed E-state index contributed by atoms with van der Waals surface area (Å²) in [6.07, 6.45) is -4.86. The van der Waals surface area contributed by atoms with E-state index in [1.54, 1.807) is 24.3 Å². The van der Waals surface area contributed by atoms with Crippen LogP contribution in [0.4, 0.5) is 32.0 Å². The molecule has 0 aromatic heterocycles. The van der Waals surface area contributed by atoms with E-state index in [9.17, 15) is 46.1 Å². The molecule has 2 amide bonds. The second-order valence-electron chi connectivity index (χ2n) is 12.5. The summed E-state index contributed by atoms with van der Waals surface area (Å²) < 4.78 is 88.0. The zero-order chi connectivity index (χ0) is 34.3. The molecule has 0 unspecified atom stereocenters. The lowest BCUT2D eigenvalue weighted by Gasteiger charge is -2.43. The van der Waals surface area contributed by atoms with Gasteiger partial charge in [-0.1, -0.05) is 56.0 Å². The Labute approximate surface area is 269 Å². The molecular formula is C34H36BF6NO5. The van der Waals surface area contributed by atoms with Crippen molar-refractivity contribution in [2.45, 2.75) is 83.6 Å². The molecule has 2 saturated heterocycles. The van der Waals surface area contributed by atoms with Crippen LogP contribution in [-0.2, 0) is 26.6 Å². The first kappa shape index (κ1) is 34.8. The Hall–Kier alpha value is -3.58. The van der Waals surface area contributed by atoms with E-state index in [1.807, 2.05) is 19.9 Å². The molecule has 2 N–H and O–H groups in total. The number of carbonyl (C=O) groups is 2. The number of hydrogen-bond acceptors (Lipinski definition) is 5. The Morgan fingerprint density at radius 3 is 2.15 bits per heavy atom. The first-order chi connectivity index (χ1) is 22.1. The predicted molar refractivity (Wildman–Crippen MR) is 164 cm³/mol. The SMILES string of the molecule is CCCC1=C2[C@@H](CC/C(=C/c3ccc(O)cc3)CCC)OB(O)C[C@@H]2[C@@H]2C(=O)N(c3cc(C(F)(F)F)cc(C(F)(F)F)c3)C(=O)[C@@H]2C1. The van der Waals surface area contributed by atoms with E-state index in [-0.39, 0.29) is 24.6 Å². The van der Waals surface area contributed by atoms with Crippen LogP contribution in [0.2, 0.25) is 6.32 Å². The van der Waals surface area contributed by atoms with Gasteiger partial charge in [0.2, 0.25) is 11.8 Å². The molecular weight excluding hydrogens is 627 g/mol. The highest BCUT2D eigenvalue weighted by molar-refractivity contribution is 6.43. The van der Waals surface area contributed by atoms with Gasteiger partial charge in [0.15, 0.2) is 0 Å². The topological polar surface area (TPSA) is 87.1 Å². The highest BCUT2D eigenvalue weighted by Gasteiger charge is 2.58. The molecule has 0 saturated carbocycles. The highest BCUT2D eigenvalue weighted by Crippen LogP contribution is 2.52. The summed E-state index contributed by atoms with van der Waals surface area (Å²) in [5, 5.41) is 20.5. The Morgan fingerprint density at radius 2 is 1.57 bits per heavy atom. The van der Waals surface area contributed by atoms with Crippen molar-refractivity contribution in [3.05, 3.63) is 75.9 Å². The second-order valence-corrected chi connectivity index (χ2v) is 12.5. The first-order valence-corrected chi connectivity index (χ1v) is 15.8. The largest absolute Gasteiger partial charge is 0.508 e.